The number of alkyl halides is 3. The zero-order valence-electron chi connectivity index (χ0n) is 17.9. The number of hydrogen-bond acceptors (Lipinski definition) is 4. The molecule has 172 valence electrons. The van der Waals surface area contributed by atoms with Crippen LogP contribution in [0.3, 0.4) is 0 Å². The smallest absolute Gasteiger partial charge is 0.351 e. The molecule has 0 unspecified atom stereocenters. The van der Waals surface area contributed by atoms with Gasteiger partial charge in [0.25, 0.3) is 5.91 Å². The largest absolute Gasteiger partial charge is 0.416 e. The van der Waals surface area contributed by atoms with Crippen LogP contribution in [0.1, 0.15) is 12.5 Å². The van der Waals surface area contributed by atoms with Crippen LogP contribution >= 0.6 is 11.6 Å². The third-order valence-electron chi connectivity index (χ3n) is 4.54. The summed E-state index contributed by atoms with van der Waals surface area (Å²) in [4.78, 5) is 29.6. The zero-order valence-corrected chi connectivity index (χ0v) is 18.6. The maximum Gasteiger partial charge on any atom is 0.416 e. The van der Waals surface area contributed by atoms with Gasteiger partial charge in [0.15, 0.2) is 0 Å². The van der Waals surface area contributed by atoms with Gasteiger partial charge in [-0.3, -0.25) is 9.59 Å². The minimum atomic E-state index is -4.40. The van der Waals surface area contributed by atoms with E-state index in [1.54, 1.807) is 38.5 Å². The van der Waals surface area contributed by atoms with Crippen molar-refractivity contribution in [3.05, 3.63) is 64.8 Å². The molecule has 1 aliphatic rings. The van der Waals surface area contributed by atoms with Crippen LogP contribution in [-0.4, -0.2) is 49.4 Å². The van der Waals surface area contributed by atoms with Gasteiger partial charge in [0.2, 0.25) is 6.41 Å². The Bertz CT molecular complexity index is 962. The van der Waals surface area contributed by atoms with E-state index in [9.17, 15) is 22.8 Å². The van der Waals surface area contributed by atoms with Crippen LogP contribution in [0, 0.1) is 5.92 Å². The van der Waals surface area contributed by atoms with E-state index in [4.69, 9.17) is 11.6 Å². The standard InChI is InChI=1S/C19H17ClF3N3O.C3H7NO/c1-12-11-26(17-16(20)3-2-9-24-17)10-8-15(12)18(27)25-14-6-4-13(5-7-14)19(21,22)23;1-4(2)3-5/h2-9,12H,10-11H2,1H3,(H,25,27);3H,1-2H3/t12-;/m1./s1. The van der Waals surface area contributed by atoms with Crippen LogP contribution in [0.5, 0.6) is 0 Å². The van der Waals surface area contributed by atoms with Crippen molar-refractivity contribution in [1.29, 1.82) is 0 Å². The molecule has 0 saturated carbocycles. The van der Waals surface area contributed by atoms with Crippen molar-refractivity contribution in [2.24, 2.45) is 5.92 Å². The van der Waals surface area contributed by atoms with Gasteiger partial charge in [-0.2, -0.15) is 13.2 Å². The maximum atomic E-state index is 12.6. The van der Waals surface area contributed by atoms with E-state index in [0.717, 1.165) is 18.5 Å². The number of halogens is 4. The van der Waals surface area contributed by atoms with E-state index in [2.05, 4.69) is 10.3 Å². The minimum absolute atomic E-state index is 0.0914. The van der Waals surface area contributed by atoms with Crippen molar-refractivity contribution in [3.63, 3.8) is 0 Å². The number of benzene rings is 1. The highest BCUT2D eigenvalue weighted by Crippen LogP contribution is 2.31. The Morgan fingerprint density at radius 1 is 1.25 bits per heavy atom. The lowest BCUT2D eigenvalue weighted by atomic mass is 9.95. The van der Waals surface area contributed by atoms with Gasteiger partial charge in [-0.05, 0) is 36.4 Å². The Balaban J connectivity index is 0.000000654. The highest BCUT2D eigenvalue weighted by Gasteiger charge is 2.30. The van der Waals surface area contributed by atoms with E-state index in [0.29, 0.717) is 35.2 Å². The molecule has 0 radical (unpaired) electrons. The molecule has 3 rings (SSSR count). The quantitative estimate of drug-likeness (QED) is 0.672. The topological polar surface area (TPSA) is 65.5 Å². The molecule has 2 amide bonds. The number of nitrogens with one attached hydrogen (secondary N) is 1. The average molecular weight is 469 g/mol. The van der Waals surface area contributed by atoms with Crippen LogP contribution in [0.15, 0.2) is 54.2 Å². The van der Waals surface area contributed by atoms with Gasteiger partial charge < -0.3 is 15.1 Å². The summed E-state index contributed by atoms with van der Waals surface area (Å²) in [6, 6.07) is 7.88. The summed E-state index contributed by atoms with van der Waals surface area (Å²) >= 11 is 6.17. The number of carbonyl (C=O) groups is 2. The molecule has 0 spiro atoms. The number of pyridine rings is 1. The first kappa shape index (κ1) is 25.2. The Morgan fingerprint density at radius 2 is 1.88 bits per heavy atom. The number of rotatable bonds is 4. The van der Waals surface area contributed by atoms with Gasteiger partial charge in [-0.25, -0.2) is 4.98 Å². The number of nitrogens with zero attached hydrogens (tertiary/aromatic N) is 3. The Labute approximate surface area is 189 Å². The summed E-state index contributed by atoms with van der Waals surface area (Å²) in [6.45, 7) is 2.93. The molecule has 2 heterocycles. The molecule has 0 fully saturated rings. The number of aromatic nitrogens is 1. The lowest BCUT2D eigenvalue weighted by Gasteiger charge is -2.31. The molecular weight excluding hydrogens is 445 g/mol. The predicted octanol–water partition coefficient (Wildman–Crippen LogP) is 4.48. The maximum absolute atomic E-state index is 12.6. The van der Waals surface area contributed by atoms with Gasteiger partial charge in [-0.1, -0.05) is 24.6 Å². The highest BCUT2D eigenvalue weighted by molar-refractivity contribution is 6.32. The molecule has 32 heavy (non-hydrogen) atoms. The summed E-state index contributed by atoms with van der Waals surface area (Å²) in [5, 5.41) is 3.19. The Hall–Kier alpha value is -3.07. The summed E-state index contributed by atoms with van der Waals surface area (Å²) < 4.78 is 37.8. The number of carbonyl (C=O) groups excluding carboxylic acids is 2. The van der Waals surface area contributed by atoms with Crippen LogP contribution in [0.25, 0.3) is 0 Å². The first-order valence-electron chi connectivity index (χ1n) is 9.68. The Morgan fingerprint density at radius 3 is 2.38 bits per heavy atom. The van der Waals surface area contributed by atoms with Gasteiger partial charge in [0.1, 0.15) is 5.82 Å². The van der Waals surface area contributed by atoms with Crippen molar-refractivity contribution in [2.45, 2.75) is 13.1 Å². The molecule has 10 heteroatoms. The van der Waals surface area contributed by atoms with Crippen LogP contribution < -0.4 is 10.2 Å². The van der Waals surface area contributed by atoms with Crippen molar-refractivity contribution in [3.8, 4) is 0 Å². The molecule has 2 aromatic rings. The first-order valence-corrected chi connectivity index (χ1v) is 10.1. The van der Waals surface area contributed by atoms with Crippen LogP contribution in [0.2, 0.25) is 5.02 Å². The number of amides is 2. The molecule has 0 aliphatic carbocycles. The van der Waals surface area contributed by atoms with Crippen molar-refractivity contribution < 1.29 is 22.8 Å². The van der Waals surface area contributed by atoms with E-state index >= 15 is 0 Å². The first-order chi connectivity index (χ1) is 15.0. The molecule has 1 N–H and O–H groups in total. The third-order valence-corrected chi connectivity index (χ3v) is 4.83. The fraction of sp³-hybridized carbons (Fsp3) is 0.318. The SMILES string of the molecule is CN(C)C=O.C[C@@H]1CN(c2ncccc2Cl)CC=C1C(=O)Nc1ccc(C(F)(F)F)cc1. The van der Waals surface area contributed by atoms with Gasteiger partial charge in [0.05, 0.1) is 10.6 Å². The van der Waals surface area contributed by atoms with E-state index in [1.165, 1.54) is 17.0 Å². The second-order valence-corrected chi connectivity index (χ2v) is 7.78. The van der Waals surface area contributed by atoms with Gasteiger partial charge in [-0.15, -0.1) is 0 Å². The molecule has 6 nitrogen and oxygen atoms in total. The molecule has 1 aliphatic heterocycles. The van der Waals surface area contributed by atoms with Crippen molar-refractivity contribution in [1.82, 2.24) is 9.88 Å². The molecule has 1 aromatic carbocycles. The van der Waals surface area contributed by atoms with E-state index in [1.807, 2.05) is 11.8 Å². The predicted molar refractivity (Wildman–Crippen MR) is 119 cm³/mol. The zero-order chi connectivity index (χ0) is 23.9. The lowest BCUT2D eigenvalue weighted by molar-refractivity contribution is -0.137. The second-order valence-electron chi connectivity index (χ2n) is 7.37. The molecule has 0 saturated heterocycles. The normalized spacial score (nSPS) is 15.8. The fourth-order valence-electron chi connectivity index (χ4n) is 2.96. The monoisotopic (exact) mass is 468 g/mol. The van der Waals surface area contributed by atoms with Gasteiger partial charge in [0, 0.05) is 50.6 Å². The van der Waals surface area contributed by atoms with Crippen molar-refractivity contribution >= 4 is 35.4 Å². The summed E-state index contributed by atoms with van der Waals surface area (Å²) in [5.74, 6) is 0.241. The third kappa shape index (κ3) is 6.98. The number of anilines is 2. The highest BCUT2D eigenvalue weighted by atomic mass is 35.5. The fourth-order valence-corrected chi connectivity index (χ4v) is 3.20. The molecule has 1 aromatic heterocycles. The summed E-state index contributed by atoms with van der Waals surface area (Å²) in [5.41, 5.74) is 0.142. The van der Waals surface area contributed by atoms with Crippen LogP contribution in [-0.2, 0) is 15.8 Å². The molecule has 0 bridgehead atoms. The minimum Gasteiger partial charge on any atom is -0.351 e. The number of hydrogen-bond donors (Lipinski definition) is 1. The summed E-state index contributed by atoms with van der Waals surface area (Å²) in [7, 11) is 3.38. The van der Waals surface area contributed by atoms with Crippen molar-refractivity contribution in [2.75, 3.05) is 37.4 Å². The van der Waals surface area contributed by atoms with Gasteiger partial charge >= 0.3 is 6.18 Å². The summed E-state index contributed by atoms with van der Waals surface area (Å²) in [6.07, 6.45) is -0.208. The second kappa shape index (κ2) is 11.0. The molecule has 1 atom stereocenters. The van der Waals surface area contributed by atoms with E-state index in [-0.39, 0.29) is 11.8 Å². The average Bonchev–Trinajstić information content (AvgIpc) is 2.74. The van der Waals surface area contributed by atoms with E-state index < -0.39 is 11.7 Å². The van der Waals surface area contributed by atoms with Crippen LogP contribution in [0.4, 0.5) is 24.7 Å². The molecular formula is C22H24ClF3N4O2. The Kier molecular flexibility index (Phi) is 8.65. The lowest BCUT2D eigenvalue weighted by Crippen LogP contribution is -2.37.